The molecule has 1 amide bonds. The summed E-state index contributed by atoms with van der Waals surface area (Å²) in [4.78, 5) is 19.7. The largest absolute Gasteiger partial charge is 0.370 e. The number of carbonyl (C=O) groups excluding carboxylic acids is 1. The summed E-state index contributed by atoms with van der Waals surface area (Å²) >= 11 is 0. The van der Waals surface area contributed by atoms with Crippen molar-refractivity contribution in [1.29, 1.82) is 5.26 Å². The predicted molar refractivity (Wildman–Crippen MR) is 119 cm³/mol. The van der Waals surface area contributed by atoms with E-state index in [1.807, 2.05) is 43.3 Å². The van der Waals surface area contributed by atoms with Gasteiger partial charge in [0.2, 0.25) is 5.91 Å². The maximum Gasteiger partial charge on any atom is 0.230 e. The van der Waals surface area contributed by atoms with Crippen molar-refractivity contribution in [3.05, 3.63) is 59.3 Å². The van der Waals surface area contributed by atoms with E-state index < -0.39 is 0 Å². The maximum atomic E-state index is 12.6. The molecule has 1 aromatic heterocycles. The first-order chi connectivity index (χ1) is 15.1. The minimum Gasteiger partial charge on any atom is -0.370 e. The summed E-state index contributed by atoms with van der Waals surface area (Å²) in [5.74, 6) is 0.518. The Kier molecular flexibility index (Phi) is 4.75. The van der Waals surface area contributed by atoms with Gasteiger partial charge in [-0.05, 0) is 43.5 Å². The molecule has 3 aromatic rings. The Bertz CT molecular complexity index is 1250. The molecule has 0 radical (unpaired) electrons. The molecule has 2 aliphatic rings. The van der Waals surface area contributed by atoms with Gasteiger partial charge in [-0.25, -0.2) is 0 Å². The monoisotopic (exact) mass is 411 g/mol. The molecule has 2 aromatic carbocycles. The molecule has 154 valence electrons. The molecule has 0 aliphatic carbocycles. The third-order valence-electron chi connectivity index (χ3n) is 5.65. The third kappa shape index (κ3) is 3.68. The average molecular weight is 411 g/mol. The van der Waals surface area contributed by atoms with Crippen molar-refractivity contribution < 1.29 is 9.32 Å². The summed E-state index contributed by atoms with van der Waals surface area (Å²) in [6.45, 7) is 3.73. The van der Waals surface area contributed by atoms with Gasteiger partial charge in [-0.2, -0.15) is 5.26 Å². The smallest absolute Gasteiger partial charge is 0.230 e. The fraction of sp³-hybridized carbons (Fsp3) is 0.250. The predicted octanol–water partition coefficient (Wildman–Crippen LogP) is 4.58. The second kappa shape index (κ2) is 7.73. The minimum atomic E-state index is -0.156. The van der Waals surface area contributed by atoms with Gasteiger partial charge in [0.15, 0.2) is 5.76 Å². The molecular formula is C24H21N5O2. The van der Waals surface area contributed by atoms with Crippen LogP contribution in [0, 0.1) is 18.3 Å². The highest BCUT2D eigenvalue weighted by molar-refractivity contribution is 6.17. The highest BCUT2D eigenvalue weighted by atomic mass is 16.5. The standard InChI is InChI=1S/C24H21N5O2/c1-15-9-23(31-28-15)17-6-4-5-16(10-17)19-13-24(30)27-20-11-18(14-25)22(12-21(20)26-19)29-7-2-3-8-29/h4-6,9-12H,2-3,7-8,13H2,1H3,(H,27,30). The summed E-state index contributed by atoms with van der Waals surface area (Å²) in [6, 6.07) is 15.6. The van der Waals surface area contributed by atoms with Gasteiger partial charge in [-0.1, -0.05) is 23.4 Å². The van der Waals surface area contributed by atoms with Crippen molar-refractivity contribution in [3.63, 3.8) is 0 Å². The number of hydrogen-bond acceptors (Lipinski definition) is 6. The second-order valence-electron chi connectivity index (χ2n) is 7.89. The molecule has 0 saturated carbocycles. The quantitative estimate of drug-likeness (QED) is 0.680. The molecule has 0 bridgehead atoms. The fourth-order valence-corrected chi connectivity index (χ4v) is 4.13. The molecule has 7 heteroatoms. The van der Waals surface area contributed by atoms with Gasteiger partial charge in [-0.15, -0.1) is 0 Å². The van der Waals surface area contributed by atoms with Crippen molar-refractivity contribution in [3.8, 4) is 17.4 Å². The van der Waals surface area contributed by atoms with Crippen molar-refractivity contribution in [1.82, 2.24) is 5.16 Å². The van der Waals surface area contributed by atoms with Crippen molar-refractivity contribution >= 4 is 28.7 Å². The summed E-state index contributed by atoms with van der Waals surface area (Å²) in [6.07, 6.45) is 2.37. The highest BCUT2D eigenvalue weighted by Gasteiger charge is 2.23. The number of aromatic nitrogens is 1. The van der Waals surface area contributed by atoms with E-state index in [1.165, 1.54) is 0 Å². The summed E-state index contributed by atoms with van der Waals surface area (Å²) in [7, 11) is 0. The fourth-order valence-electron chi connectivity index (χ4n) is 4.13. The number of aryl methyl sites for hydroxylation is 1. The number of hydrogen-bond donors (Lipinski definition) is 1. The zero-order valence-electron chi connectivity index (χ0n) is 17.2. The number of rotatable bonds is 3. The van der Waals surface area contributed by atoms with Crippen LogP contribution in [0.3, 0.4) is 0 Å². The zero-order valence-corrected chi connectivity index (χ0v) is 17.2. The lowest BCUT2D eigenvalue weighted by Crippen LogP contribution is -2.19. The molecule has 1 N–H and O–H groups in total. The normalized spacial score (nSPS) is 15.7. The minimum absolute atomic E-state index is 0.147. The number of nitriles is 1. The molecule has 0 atom stereocenters. The molecule has 2 aliphatic heterocycles. The van der Waals surface area contributed by atoms with Crippen LogP contribution in [0.5, 0.6) is 0 Å². The number of amides is 1. The number of anilines is 2. The molecule has 31 heavy (non-hydrogen) atoms. The Morgan fingerprint density at radius 1 is 1.13 bits per heavy atom. The van der Waals surface area contributed by atoms with Gasteiger partial charge >= 0.3 is 0 Å². The van der Waals surface area contributed by atoms with Gasteiger partial charge in [0.1, 0.15) is 6.07 Å². The van der Waals surface area contributed by atoms with Gasteiger partial charge in [-0.3, -0.25) is 9.79 Å². The molecule has 7 nitrogen and oxygen atoms in total. The van der Waals surface area contributed by atoms with E-state index >= 15 is 0 Å². The van der Waals surface area contributed by atoms with Crippen LogP contribution in [0.4, 0.5) is 17.1 Å². The molecular weight excluding hydrogens is 390 g/mol. The summed E-state index contributed by atoms with van der Waals surface area (Å²) in [5.41, 5.74) is 5.88. The molecule has 3 heterocycles. The van der Waals surface area contributed by atoms with Crippen LogP contribution in [0.15, 0.2) is 52.0 Å². The Morgan fingerprint density at radius 2 is 1.94 bits per heavy atom. The van der Waals surface area contributed by atoms with Gasteiger partial charge in [0, 0.05) is 24.7 Å². The van der Waals surface area contributed by atoms with E-state index in [1.54, 1.807) is 6.07 Å². The van der Waals surface area contributed by atoms with Gasteiger partial charge in [0.05, 0.1) is 40.5 Å². The summed E-state index contributed by atoms with van der Waals surface area (Å²) in [5, 5.41) is 16.5. The van der Waals surface area contributed by atoms with Crippen LogP contribution in [-0.2, 0) is 4.79 Å². The van der Waals surface area contributed by atoms with Crippen LogP contribution in [0.1, 0.15) is 36.1 Å². The highest BCUT2D eigenvalue weighted by Crippen LogP contribution is 2.37. The number of aliphatic imine (C=N–C) groups is 1. The first-order valence-electron chi connectivity index (χ1n) is 10.4. The first kappa shape index (κ1) is 19.1. The second-order valence-corrected chi connectivity index (χ2v) is 7.89. The Labute approximate surface area is 180 Å². The lowest BCUT2D eigenvalue weighted by Gasteiger charge is -2.20. The molecule has 1 fully saturated rings. The Morgan fingerprint density at radius 3 is 2.68 bits per heavy atom. The zero-order chi connectivity index (χ0) is 21.4. The lowest BCUT2D eigenvalue weighted by molar-refractivity contribution is -0.115. The Hall–Kier alpha value is -3.92. The SMILES string of the molecule is Cc1cc(-c2cccc(C3=Nc4cc(N5CCCC5)c(C#N)cc4NC(=O)C3)c2)on1. The first-order valence-corrected chi connectivity index (χ1v) is 10.4. The van der Waals surface area contributed by atoms with E-state index in [4.69, 9.17) is 9.52 Å². The lowest BCUT2D eigenvalue weighted by atomic mass is 10.0. The number of nitrogens with zero attached hydrogens (tertiary/aromatic N) is 4. The molecule has 0 spiro atoms. The van der Waals surface area contributed by atoms with Crippen molar-refractivity contribution in [2.45, 2.75) is 26.2 Å². The van der Waals surface area contributed by atoms with Gasteiger partial charge < -0.3 is 14.7 Å². The average Bonchev–Trinajstić information content (AvgIpc) is 3.43. The van der Waals surface area contributed by atoms with Crippen molar-refractivity contribution in [2.24, 2.45) is 4.99 Å². The number of fused-ring (bicyclic) bond motifs is 1. The molecule has 0 unspecified atom stereocenters. The van der Waals surface area contributed by atoms with Crippen molar-refractivity contribution in [2.75, 3.05) is 23.3 Å². The number of benzene rings is 2. The molecule has 1 saturated heterocycles. The van der Waals surface area contributed by atoms with E-state index in [2.05, 4.69) is 21.4 Å². The van der Waals surface area contributed by atoms with E-state index in [9.17, 15) is 10.1 Å². The molecule has 5 rings (SSSR count). The van der Waals surface area contributed by atoms with Crippen LogP contribution >= 0.6 is 0 Å². The number of carbonyl (C=O) groups is 1. The topological polar surface area (TPSA) is 94.5 Å². The van der Waals surface area contributed by atoms with Crippen LogP contribution < -0.4 is 10.2 Å². The maximum absolute atomic E-state index is 12.6. The Balaban J connectivity index is 1.59. The van der Waals surface area contributed by atoms with Crippen LogP contribution in [0.2, 0.25) is 0 Å². The third-order valence-corrected chi connectivity index (χ3v) is 5.65. The van der Waals surface area contributed by atoms with Gasteiger partial charge in [0.25, 0.3) is 0 Å². The van der Waals surface area contributed by atoms with Crippen LogP contribution in [-0.4, -0.2) is 29.9 Å². The van der Waals surface area contributed by atoms with E-state index in [-0.39, 0.29) is 12.3 Å². The van der Waals surface area contributed by atoms with E-state index in [0.29, 0.717) is 28.4 Å². The number of nitrogens with one attached hydrogen (secondary N) is 1. The van der Waals surface area contributed by atoms with Crippen LogP contribution in [0.25, 0.3) is 11.3 Å². The van der Waals surface area contributed by atoms with E-state index in [0.717, 1.165) is 48.4 Å². The summed E-state index contributed by atoms with van der Waals surface area (Å²) < 4.78 is 5.39.